The molecule has 0 aliphatic rings. The van der Waals surface area contributed by atoms with Crippen molar-refractivity contribution in [2.75, 3.05) is 12.5 Å². The van der Waals surface area contributed by atoms with Gasteiger partial charge in [-0.1, -0.05) is 26.0 Å². The van der Waals surface area contributed by atoms with E-state index in [1.54, 1.807) is 13.2 Å². The second-order valence-electron chi connectivity index (χ2n) is 8.78. The highest BCUT2D eigenvalue weighted by Crippen LogP contribution is 2.31. The zero-order valence-electron chi connectivity index (χ0n) is 20.0. The summed E-state index contributed by atoms with van der Waals surface area (Å²) in [6.07, 6.45) is 3.78. The number of H-pyrrole nitrogens is 1. The molecule has 4 rings (SSSR count). The highest BCUT2D eigenvalue weighted by atomic mass is 32.2. The van der Waals surface area contributed by atoms with Crippen molar-refractivity contribution in [3.63, 3.8) is 0 Å². The molecule has 176 valence electrons. The smallest absolute Gasteiger partial charge is 0.151 e. The lowest BCUT2D eigenvalue weighted by Crippen LogP contribution is -2.18. The van der Waals surface area contributed by atoms with E-state index in [4.69, 9.17) is 9.02 Å². The maximum atomic E-state index is 5.84. The number of rotatable bonds is 9. The van der Waals surface area contributed by atoms with Crippen LogP contribution >= 0.6 is 12.0 Å². The summed E-state index contributed by atoms with van der Waals surface area (Å²) in [5, 5.41) is 8.58. The number of anilines is 1. The lowest BCUT2D eigenvalue weighted by atomic mass is 9.86. The predicted molar refractivity (Wildman–Crippen MR) is 140 cm³/mol. The number of ether oxygens (including phenoxy) is 1. The first-order valence-corrected chi connectivity index (χ1v) is 11.8. The van der Waals surface area contributed by atoms with Gasteiger partial charge in [-0.05, 0) is 61.9 Å². The minimum atomic E-state index is -0.112. The van der Waals surface area contributed by atoms with Crippen LogP contribution in [0.25, 0.3) is 22.2 Å². The zero-order valence-corrected chi connectivity index (χ0v) is 20.8. The van der Waals surface area contributed by atoms with E-state index >= 15 is 0 Å². The van der Waals surface area contributed by atoms with E-state index in [1.165, 1.54) is 17.6 Å². The quantitative estimate of drug-likeness (QED) is 0.165. The molecule has 8 heteroatoms. The average Bonchev–Trinajstić information content (AvgIpc) is 3.22. The van der Waals surface area contributed by atoms with Gasteiger partial charge in [-0.2, -0.15) is 9.38 Å². The van der Waals surface area contributed by atoms with Gasteiger partial charge in [0.25, 0.3) is 0 Å². The van der Waals surface area contributed by atoms with E-state index in [1.807, 2.05) is 62.5 Å². The van der Waals surface area contributed by atoms with Gasteiger partial charge in [-0.15, -0.1) is 0 Å². The molecule has 0 amide bonds. The Hall–Kier alpha value is -3.36. The van der Waals surface area contributed by atoms with Crippen LogP contribution in [0.5, 0.6) is 5.75 Å². The molecule has 0 saturated heterocycles. The standard InChI is InChI=1S/C26H29N5O2S/c1-17(2)32-20-8-11-23-22(15-20)25(30-29-23)18-12-13-28-24(14-18)31-33-34-21-9-6-19(7-10-21)26(3,4)16-27-5/h6-17H,1-5H3,(H,28,31)(H,29,30)/b27-16+. The third-order valence-corrected chi connectivity index (χ3v) is 5.91. The van der Waals surface area contributed by atoms with E-state index in [0.717, 1.165) is 32.8 Å². The molecular formula is C26H29N5O2S. The van der Waals surface area contributed by atoms with E-state index in [0.29, 0.717) is 5.82 Å². The molecule has 34 heavy (non-hydrogen) atoms. The summed E-state index contributed by atoms with van der Waals surface area (Å²) in [4.78, 5) is 9.50. The largest absolute Gasteiger partial charge is 0.491 e. The van der Waals surface area contributed by atoms with Crippen molar-refractivity contribution in [2.24, 2.45) is 4.99 Å². The molecule has 2 aromatic carbocycles. The molecule has 2 heterocycles. The zero-order chi connectivity index (χ0) is 24.1. The first-order valence-electron chi connectivity index (χ1n) is 11.1. The number of aliphatic imine (C=N–C) groups is 1. The minimum Gasteiger partial charge on any atom is -0.491 e. The van der Waals surface area contributed by atoms with Crippen LogP contribution < -0.4 is 10.2 Å². The molecule has 0 spiro atoms. The predicted octanol–water partition coefficient (Wildman–Crippen LogP) is 6.44. The maximum Gasteiger partial charge on any atom is 0.151 e. The minimum absolute atomic E-state index is 0.104. The summed E-state index contributed by atoms with van der Waals surface area (Å²) in [5.41, 5.74) is 6.69. The van der Waals surface area contributed by atoms with Crippen LogP contribution in [0.15, 0.2) is 70.7 Å². The molecule has 2 N–H and O–H groups in total. The summed E-state index contributed by atoms with van der Waals surface area (Å²) in [5.74, 6) is 1.40. The average molecular weight is 476 g/mol. The number of nitrogens with zero attached hydrogens (tertiary/aromatic N) is 3. The number of aromatic nitrogens is 3. The van der Waals surface area contributed by atoms with Crippen LogP contribution in [0.2, 0.25) is 0 Å². The van der Waals surface area contributed by atoms with Crippen LogP contribution in [-0.2, 0) is 9.70 Å². The Morgan fingerprint density at radius 1 is 1.09 bits per heavy atom. The lowest BCUT2D eigenvalue weighted by Gasteiger charge is -2.19. The Balaban J connectivity index is 1.44. The van der Waals surface area contributed by atoms with Crippen LogP contribution in [0.3, 0.4) is 0 Å². The van der Waals surface area contributed by atoms with Gasteiger partial charge in [0.15, 0.2) is 5.82 Å². The molecule has 0 aliphatic carbocycles. The maximum absolute atomic E-state index is 5.84. The second kappa shape index (κ2) is 10.3. The number of benzene rings is 2. The van der Waals surface area contributed by atoms with Crippen molar-refractivity contribution in [3.8, 4) is 17.0 Å². The van der Waals surface area contributed by atoms with Gasteiger partial charge in [0.1, 0.15) is 11.4 Å². The molecule has 4 aromatic rings. The van der Waals surface area contributed by atoms with Gasteiger partial charge in [0.05, 0.1) is 23.7 Å². The van der Waals surface area contributed by atoms with Gasteiger partial charge >= 0.3 is 0 Å². The molecule has 0 bridgehead atoms. The molecule has 0 aliphatic heterocycles. The Labute approximate surface area is 204 Å². The molecule has 0 unspecified atom stereocenters. The van der Waals surface area contributed by atoms with Gasteiger partial charge < -0.3 is 4.74 Å². The van der Waals surface area contributed by atoms with Gasteiger partial charge in [0.2, 0.25) is 0 Å². The number of nitrogens with one attached hydrogen (secondary N) is 2. The van der Waals surface area contributed by atoms with Crippen LogP contribution in [0, 0.1) is 0 Å². The summed E-state index contributed by atoms with van der Waals surface area (Å²) >= 11 is 1.24. The van der Waals surface area contributed by atoms with E-state index in [-0.39, 0.29) is 11.5 Å². The first kappa shape index (κ1) is 23.8. The van der Waals surface area contributed by atoms with E-state index < -0.39 is 0 Å². The second-order valence-corrected chi connectivity index (χ2v) is 9.58. The highest BCUT2D eigenvalue weighted by molar-refractivity contribution is 7.94. The number of hydrogen-bond donors (Lipinski definition) is 2. The van der Waals surface area contributed by atoms with Crippen LogP contribution in [0.1, 0.15) is 33.3 Å². The first-order chi connectivity index (χ1) is 16.4. The van der Waals surface area contributed by atoms with Crippen molar-refractivity contribution in [3.05, 3.63) is 66.4 Å². The monoisotopic (exact) mass is 475 g/mol. The number of hydrogen-bond acceptors (Lipinski definition) is 7. The SMILES string of the molecule is C/N=C/C(C)(C)c1ccc(SONc2cc(-c3n[nH]c4ccc(OC(C)C)cc34)ccn2)cc1. The molecule has 0 radical (unpaired) electrons. The van der Waals surface area contributed by atoms with Gasteiger partial charge in [-0.25, -0.2) is 10.5 Å². The Kier molecular flexibility index (Phi) is 7.19. The fourth-order valence-corrected chi connectivity index (χ4v) is 4.11. The number of fused-ring (bicyclic) bond motifs is 1. The fourth-order valence-electron chi connectivity index (χ4n) is 3.64. The van der Waals surface area contributed by atoms with Crippen LogP contribution in [-0.4, -0.2) is 34.5 Å². The van der Waals surface area contributed by atoms with E-state index in [2.05, 4.69) is 51.6 Å². The number of pyridine rings is 1. The number of aromatic amines is 1. The highest BCUT2D eigenvalue weighted by Gasteiger charge is 2.17. The van der Waals surface area contributed by atoms with Crippen molar-refractivity contribution >= 4 is 35.0 Å². The third kappa shape index (κ3) is 5.58. The van der Waals surface area contributed by atoms with E-state index in [9.17, 15) is 0 Å². The topological polar surface area (TPSA) is 84.4 Å². The van der Waals surface area contributed by atoms with Gasteiger partial charge in [0, 0.05) is 40.7 Å². The van der Waals surface area contributed by atoms with Crippen molar-refractivity contribution < 1.29 is 9.02 Å². The molecule has 0 saturated carbocycles. The van der Waals surface area contributed by atoms with Crippen molar-refractivity contribution in [1.29, 1.82) is 0 Å². The molecule has 0 atom stereocenters. The summed E-state index contributed by atoms with van der Waals surface area (Å²) in [6, 6.07) is 18.0. The normalized spacial score (nSPS) is 12.1. The van der Waals surface area contributed by atoms with Gasteiger partial charge in [-0.3, -0.25) is 10.1 Å². The fraction of sp³-hybridized carbons (Fsp3) is 0.269. The summed E-state index contributed by atoms with van der Waals surface area (Å²) < 4.78 is 11.5. The Morgan fingerprint density at radius 3 is 2.62 bits per heavy atom. The molecular weight excluding hydrogens is 446 g/mol. The van der Waals surface area contributed by atoms with Crippen LogP contribution in [0.4, 0.5) is 5.82 Å². The molecule has 7 nitrogen and oxygen atoms in total. The Morgan fingerprint density at radius 2 is 1.88 bits per heavy atom. The van der Waals surface area contributed by atoms with Crippen molar-refractivity contribution in [1.82, 2.24) is 15.2 Å². The lowest BCUT2D eigenvalue weighted by molar-refractivity contribution is 0.243. The third-order valence-electron chi connectivity index (χ3n) is 5.27. The summed E-state index contributed by atoms with van der Waals surface area (Å²) in [7, 11) is 1.79. The summed E-state index contributed by atoms with van der Waals surface area (Å²) in [6.45, 7) is 8.30. The molecule has 0 fully saturated rings. The molecule has 2 aromatic heterocycles. The Bertz CT molecular complexity index is 1280. The van der Waals surface area contributed by atoms with Crippen molar-refractivity contribution in [2.45, 2.75) is 44.1 Å².